The Balaban J connectivity index is 1.75. The Hall–Kier alpha value is -2.54. The second-order valence-corrected chi connectivity index (χ2v) is 7.82. The van der Waals surface area contributed by atoms with Gasteiger partial charge in [-0.15, -0.1) is 0 Å². The van der Waals surface area contributed by atoms with Crippen LogP contribution in [0.25, 0.3) is 0 Å². The van der Waals surface area contributed by atoms with E-state index in [9.17, 15) is 18.0 Å². The summed E-state index contributed by atoms with van der Waals surface area (Å²) in [4.78, 5) is 16.4. The van der Waals surface area contributed by atoms with Crippen molar-refractivity contribution < 1.29 is 18.0 Å². The number of nitrogens with one attached hydrogen (secondary N) is 1. The third kappa shape index (κ3) is 5.09. The molecule has 1 saturated heterocycles. The fourth-order valence-corrected chi connectivity index (χ4v) is 3.75. The highest BCUT2D eigenvalue weighted by atomic mass is 19.4. The summed E-state index contributed by atoms with van der Waals surface area (Å²) in [5.74, 6) is -3.39. The van der Waals surface area contributed by atoms with E-state index in [1.165, 1.54) is 0 Å². The number of hydrogen-bond acceptors (Lipinski definition) is 3. The Morgan fingerprint density at radius 1 is 1.14 bits per heavy atom. The lowest BCUT2D eigenvalue weighted by molar-refractivity contribution is -0.182. The molecule has 1 heterocycles. The van der Waals surface area contributed by atoms with Crippen LogP contribution in [0.5, 0.6) is 0 Å². The van der Waals surface area contributed by atoms with Crippen molar-refractivity contribution in [2.24, 2.45) is 11.8 Å². The smallest absolute Gasteiger partial charge is 0.378 e. The molecule has 0 radical (unpaired) electrons. The van der Waals surface area contributed by atoms with Gasteiger partial charge in [-0.05, 0) is 36.2 Å². The van der Waals surface area contributed by atoms with E-state index in [0.29, 0.717) is 12.2 Å². The van der Waals surface area contributed by atoms with Crippen LogP contribution in [-0.2, 0) is 11.3 Å². The molecule has 0 aromatic heterocycles. The number of benzene rings is 2. The van der Waals surface area contributed by atoms with Gasteiger partial charge in [-0.2, -0.15) is 13.2 Å². The minimum absolute atomic E-state index is 0.0831. The number of hydrogen-bond donors (Lipinski definition) is 1. The molecule has 3 rings (SSSR count). The fourth-order valence-electron chi connectivity index (χ4n) is 3.75. The van der Waals surface area contributed by atoms with Crippen LogP contribution < -0.4 is 10.2 Å². The van der Waals surface area contributed by atoms with E-state index in [0.717, 1.165) is 16.8 Å². The molecule has 1 amide bonds. The van der Waals surface area contributed by atoms with Gasteiger partial charge in [-0.1, -0.05) is 30.3 Å². The highest BCUT2D eigenvalue weighted by molar-refractivity contribution is 5.94. The molecule has 7 heteroatoms. The van der Waals surface area contributed by atoms with Crippen molar-refractivity contribution in [3.8, 4) is 0 Å². The molecule has 1 aliphatic heterocycles. The Morgan fingerprint density at radius 2 is 1.83 bits per heavy atom. The molecule has 1 N–H and O–H groups in total. The predicted octanol–water partition coefficient (Wildman–Crippen LogP) is 4.31. The zero-order chi connectivity index (χ0) is 21.2. The second kappa shape index (κ2) is 8.45. The number of halogens is 3. The molecular formula is C22H26F3N3O. The first-order valence-electron chi connectivity index (χ1n) is 9.57. The van der Waals surface area contributed by atoms with Crippen LogP contribution in [0.15, 0.2) is 48.5 Å². The molecule has 29 heavy (non-hydrogen) atoms. The van der Waals surface area contributed by atoms with E-state index >= 15 is 0 Å². The maximum Gasteiger partial charge on any atom is 0.393 e. The van der Waals surface area contributed by atoms with Crippen molar-refractivity contribution in [3.63, 3.8) is 0 Å². The molecule has 0 bridgehead atoms. The number of alkyl halides is 3. The lowest BCUT2D eigenvalue weighted by atomic mass is 9.94. The molecule has 0 saturated carbocycles. The molecule has 0 unspecified atom stereocenters. The molecule has 1 fully saturated rings. The van der Waals surface area contributed by atoms with Gasteiger partial charge in [-0.3, -0.25) is 9.69 Å². The first kappa shape index (κ1) is 21.2. The summed E-state index contributed by atoms with van der Waals surface area (Å²) < 4.78 is 40.9. The molecular weight excluding hydrogens is 379 g/mol. The van der Waals surface area contributed by atoms with Crippen LogP contribution in [0.3, 0.4) is 0 Å². The maximum atomic E-state index is 13.6. The van der Waals surface area contributed by atoms with E-state index in [4.69, 9.17) is 0 Å². The number of aryl methyl sites for hydroxylation is 1. The Bertz CT molecular complexity index is 852. The summed E-state index contributed by atoms with van der Waals surface area (Å²) in [5, 5.41) is 2.72. The molecule has 2 aromatic rings. The van der Waals surface area contributed by atoms with Crippen molar-refractivity contribution in [2.75, 3.05) is 37.4 Å². The monoisotopic (exact) mass is 405 g/mol. The largest absolute Gasteiger partial charge is 0.393 e. The number of nitrogens with zero attached hydrogens (tertiary/aromatic N) is 2. The van der Waals surface area contributed by atoms with Crippen LogP contribution in [0.4, 0.5) is 24.5 Å². The third-order valence-corrected chi connectivity index (χ3v) is 5.39. The summed E-state index contributed by atoms with van der Waals surface area (Å²) in [5.41, 5.74) is 3.25. The number of carbonyl (C=O) groups excluding carboxylic acids is 1. The second-order valence-electron chi connectivity index (χ2n) is 7.82. The van der Waals surface area contributed by atoms with Crippen molar-refractivity contribution in [1.82, 2.24) is 4.90 Å². The Kier molecular flexibility index (Phi) is 6.17. The summed E-state index contributed by atoms with van der Waals surface area (Å²) in [6, 6.07) is 14.8. The van der Waals surface area contributed by atoms with Crippen LogP contribution in [-0.4, -0.2) is 44.2 Å². The van der Waals surface area contributed by atoms with E-state index in [1.807, 2.05) is 68.4 Å². The van der Waals surface area contributed by atoms with E-state index in [2.05, 4.69) is 5.32 Å². The van der Waals surface area contributed by atoms with Gasteiger partial charge in [0.25, 0.3) is 0 Å². The van der Waals surface area contributed by atoms with Gasteiger partial charge in [0.15, 0.2) is 0 Å². The predicted molar refractivity (Wildman–Crippen MR) is 109 cm³/mol. The SMILES string of the molecule is Cc1cc(N(C)C)ccc1NC(=O)[C@@H]1CN(Cc2ccccc2)C[C@@H]1C(F)(F)F. The molecule has 0 spiro atoms. The summed E-state index contributed by atoms with van der Waals surface area (Å²) in [7, 11) is 3.81. The molecule has 4 nitrogen and oxygen atoms in total. The van der Waals surface area contributed by atoms with Crippen LogP contribution in [0.1, 0.15) is 11.1 Å². The van der Waals surface area contributed by atoms with Crippen molar-refractivity contribution in [1.29, 1.82) is 0 Å². The molecule has 0 aliphatic carbocycles. The fraction of sp³-hybridized carbons (Fsp3) is 0.409. The quantitative estimate of drug-likeness (QED) is 0.805. The number of likely N-dealkylation sites (tertiary alicyclic amines) is 1. The van der Waals surface area contributed by atoms with Gasteiger partial charge in [-0.25, -0.2) is 0 Å². The first-order valence-corrected chi connectivity index (χ1v) is 9.57. The number of carbonyl (C=O) groups is 1. The summed E-state index contributed by atoms with van der Waals surface area (Å²) in [6.45, 7) is 2.14. The summed E-state index contributed by atoms with van der Waals surface area (Å²) in [6.07, 6.45) is -4.42. The van der Waals surface area contributed by atoms with E-state index < -0.39 is 23.9 Å². The topological polar surface area (TPSA) is 35.6 Å². The number of amides is 1. The van der Waals surface area contributed by atoms with Gasteiger partial charge in [0.05, 0.1) is 11.8 Å². The van der Waals surface area contributed by atoms with Crippen molar-refractivity contribution >= 4 is 17.3 Å². The average Bonchev–Trinajstić information content (AvgIpc) is 3.08. The van der Waals surface area contributed by atoms with Crippen LogP contribution in [0.2, 0.25) is 0 Å². The number of anilines is 2. The lowest BCUT2D eigenvalue weighted by Crippen LogP contribution is -2.36. The number of rotatable bonds is 5. The van der Waals surface area contributed by atoms with Gasteiger partial charge in [0, 0.05) is 45.1 Å². The normalized spacial score (nSPS) is 19.9. The summed E-state index contributed by atoms with van der Waals surface area (Å²) >= 11 is 0. The molecule has 1 aliphatic rings. The molecule has 156 valence electrons. The zero-order valence-corrected chi connectivity index (χ0v) is 16.8. The van der Waals surface area contributed by atoms with Gasteiger partial charge >= 0.3 is 6.18 Å². The van der Waals surface area contributed by atoms with Gasteiger partial charge in [0.1, 0.15) is 0 Å². The molecule has 2 aromatic carbocycles. The minimum Gasteiger partial charge on any atom is -0.378 e. The van der Waals surface area contributed by atoms with Crippen molar-refractivity contribution in [3.05, 3.63) is 59.7 Å². The Morgan fingerprint density at radius 3 is 2.41 bits per heavy atom. The van der Waals surface area contributed by atoms with E-state index in [1.54, 1.807) is 11.0 Å². The third-order valence-electron chi connectivity index (χ3n) is 5.39. The highest BCUT2D eigenvalue weighted by Crippen LogP contribution is 2.39. The highest BCUT2D eigenvalue weighted by Gasteiger charge is 2.52. The van der Waals surface area contributed by atoms with Crippen LogP contribution >= 0.6 is 0 Å². The van der Waals surface area contributed by atoms with E-state index in [-0.39, 0.29) is 13.1 Å². The van der Waals surface area contributed by atoms with Gasteiger partial charge in [0.2, 0.25) is 5.91 Å². The first-order chi connectivity index (χ1) is 13.6. The standard InChI is InChI=1S/C22H26F3N3O/c1-15-11-17(27(2)3)9-10-20(15)26-21(29)18-13-28(14-19(18)22(23,24)25)12-16-7-5-4-6-8-16/h4-11,18-19H,12-14H2,1-3H3,(H,26,29)/t18-,19+/m1/s1. The Labute approximate surface area is 169 Å². The van der Waals surface area contributed by atoms with Crippen LogP contribution in [0, 0.1) is 18.8 Å². The van der Waals surface area contributed by atoms with Crippen molar-refractivity contribution in [2.45, 2.75) is 19.6 Å². The maximum absolute atomic E-state index is 13.6. The van der Waals surface area contributed by atoms with Gasteiger partial charge < -0.3 is 10.2 Å². The zero-order valence-electron chi connectivity index (χ0n) is 16.8. The average molecular weight is 405 g/mol. The lowest BCUT2D eigenvalue weighted by Gasteiger charge is -2.21. The minimum atomic E-state index is -4.42. The molecule has 2 atom stereocenters.